The summed E-state index contributed by atoms with van der Waals surface area (Å²) in [6.45, 7) is 1.97. The second kappa shape index (κ2) is 6.54. The minimum atomic E-state index is -0.166. The second-order valence-corrected chi connectivity index (χ2v) is 5.66. The van der Waals surface area contributed by atoms with Crippen LogP contribution in [-0.2, 0) is 22.6 Å². The van der Waals surface area contributed by atoms with Gasteiger partial charge in [0.05, 0.1) is 6.42 Å². The molecule has 0 radical (unpaired) electrons. The summed E-state index contributed by atoms with van der Waals surface area (Å²) < 4.78 is 0. The summed E-state index contributed by atoms with van der Waals surface area (Å²) in [5, 5.41) is 8.22. The SMILES string of the molecule is CC(=O)Nc1ccc(CC(=O)Nc2ccc3c(c2)C(=O)NC3)cc1. The van der Waals surface area contributed by atoms with Gasteiger partial charge in [-0.25, -0.2) is 0 Å². The maximum atomic E-state index is 12.1. The Bertz CT molecular complexity index is 813. The lowest BCUT2D eigenvalue weighted by Crippen LogP contribution is -2.15. The highest BCUT2D eigenvalue weighted by Gasteiger charge is 2.19. The van der Waals surface area contributed by atoms with Crippen molar-refractivity contribution in [3.05, 3.63) is 59.2 Å². The first kappa shape index (κ1) is 15.7. The Kier molecular flexibility index (Phi) is 4.29. The first-order chi connectivity index (χ1) is 11.5. The van der Waals surface area contributed by atoms with Gasteiger partial charge in [0.25, 0.3) is 5.91 Å². The third kappa shape index (κ3) is 3.60. The van der Waals surface area contributed by atoms with Crippen LogP contribution in [0.15, 0.2) is 42.5 Å². The molecule has 6 heteroatoms. The van der Waals surface area contributed by atoms with Gasteiger partial charge < -0.3 is 16.0 Å². The van der Waals surface area contributed by atoms with E-state index in [-0.39, 0.29) is 24.1 Å². The summed E-state index contributed by atoms with van der Waals surface area (Å²) in [6, 6.07) is 12.4. The molecule has 0 bridgehead atoms. The summed E-state index contributed by atoms with van der Waals surface area (Å²) in [5.41, 5.74) is 3.67. The van der Waals surface area contributed by atoms with Gasteiger partial charge in [0, 0.05) is 30.4 Å². The molecule has 2 aromatic carbocycles. The molecule has 2 aromatic rings. The van der Waals surface area contributed by atoms with Crippen LogP contribution < -0.4 is 16.0 Å². The number of carbonyl (C=O) groups excluding carboxylic acids is 3. The van der Waals surface area contributed by atoms with E-state index in [0.717, 1.165) is 11.1 Å². The van der Waals surface area contributed by atoms with E-state index in [9.17, 15) is 14.4 Å². The van der Waals surface area contributed by atoms with Crippen LogP contribution in [0.25, 0.3) is 0 Å². The zero-order valence-corrected chi connectivity index (χ0v) is 13.2. The Morgan fingerprint density at radius 1 is 1.04 bits per heavy atom. The molecule has 0 unspecified atom stereocenters. The fraction of sp³-hybridized carbons (Fsp3) is 0.167. The molecular formula is C18H17N3O3. The van der Waals surface area contributed by atoms with Crippen molar-refractivity contribution < 1.29 is 14.4 Å². The van der Waals surface area contributed by atoms with Crippen molar-refractivity contribution in [1.29, 1.82) is 0 Å². The predicted molar refractivity (Wildman–Crippen MR) is 90.7 cm³/mol. The number of nitrogens with one attached hydrogen (secondary N) is 3. The summed E-state index contributed by atoms with van der Waals surface area (Å²) in [4.78, 5) is 34.8. The smallest absolute Gasteiger partial charge is 0.251 e. The average Bonchev–Trinajstić information content (AvgIpc) is 2.90. The first-order valence-corrected chi connectivity index (χ1v) is 7.59. The lowest BCUT2D eigenvalue weighted by atomic mass is 10.1. The monoisotopic (exact) mass is 323 g/mol. The molecule has 0 fully saturated rings. The molecule has 0 saturated carbocycles. The van der Waals surface area contributed by atoms with Gasteiger partial charge in [-0.2, -0.15) is 0 Å². The Labute approximate surface area is 139 Å². The summed E-state index contributed by atoms with van der Waals surface area (Å²) >= 11 is 0. The zero-order valence-electron chi connectivity index (χ0n) is 13.2. The van der Waals surface area contributed by atoms with Crippen LogP contribution >= 0.6 is 0 Å². The highest BCUT2D eigenvalue weighted by atomic mass is 16.2. The van der Waals surface area contributed by atoms with Crippen LogP contribution in [0.4, 0.5) is 11.4 Å². The summed E-state index contributed by atoms with van der Waals surface area (Å²) in [6.07, 6.45) is 0.212. The van der Waals surface area contributed by atoms with Crippen LogP contribution in [0.1, 0.15) is 28.4 Å². The van der Waals surface area contributed by atoms with E-state index in [1.807, 2.05) is 6.07 Å². The Hall–Kier alpha value is -3.15. The average molecular weight is 323 g/mol. The Morgan fingerprint density at radius 3 is 2.46 bits per heavy atom. The van der Waals surface area contributed by atoms with E-state index in [1.165, 1.54) is 6.92 Å². The van der Waals surface area contributed by atoms with Gasteiger partial charge in [-0.15, -0.1) is 0 Å². The predicted octanol–water partition coefficient (Wildman–Crippen LogP) is 2.07. The van der Waals surface area contributed by atoms with Crippen molar-refractivity contribution in [2.75, 3.05) is 10.6 Å². The molecule has 3 rings (SSSR count). The van der Waals surface area contributed by atoms with E-state index in [4.69, 9.17) is 0 Å². The van der Waals surface area contributed by atoms with Crippen molar-refractivity contribution in [3.63, 3.8) is 0 Å². The largest absolute Gasteiger partial charge is 0.348 e. The Morgan fingerprint density at radius 2 is 1.75 bits per heavy atom. The maximum absolute atomic E-state index is 12.1. The molecule has 1 aliphatic heterocycles. The van der Waals surface area contributed by atoms with Crippen molar-refractivity contribution in [2.45, 2.75) is 19.9 Å². The third-order valence-electron chi connectivity index (χ3n) is 3.72. The molecule has 0 spiro atoms. The molecule has 0 saturated heterocycles. The standard InChI is InChI=1S/C18H17N3O3/c1-11(22)20-14-5-2-12(3-6-14)8-17(23)21-15-7-4-13-10-19-18(24)16(13)9-15/h2-7,9H,8,10H2,1H3,(H,19,24)(H,20,22)(H,21,23). The molecule has 1 aliphatic rings. The van der Waals surface area contributed by atoms with Crippen molar-refractivity contribution in [2.24, 2.45) is 0 Å². The molecular weight excluding hydrogens is 306 g/mol. The van der Waals surface area contributed by atoms with E-state index in [0.29, 0.717) is 23.5 Å². The van der Waals surface area contributed by atoms with Gasteiger partial charge in [-0.1, -0.05) is 18.2 Å². The van der Waals surface area contributed by atoms with Gasteiger partial charge >= 0.3 is 0 Å². The summed E-state index contributed by atoms with van der Waals surface area (Å²) in [7, 11) is 0. The number of benzene rings is 2. The Balaban J connectivity index is 1.62. The van der Waals surface area contributed by atoms with Gasteiger partial charge in [0.15, 0.2) is 0 Å². The molecule has 0 atom stereocenters. The highest BCUT2D eigenvalue weighted by molar-refractivity contribution is 6.00. The molecule has 1 heterocycles. The van der Waals surface area contributed by atoms with Gasteiger partial charge in [0.2, 0.25) is 11.8 Å². The maximum Gasteiger partial charge on any atom is 0.251 e. The van der Waals surface area contributed by atoms with Crippen LogP contribution in [0, 0.1) is 0 Å². The van der Waals surface area contributed by atoms with Crippen molar-refractivity contribution >= 4 is 29.1 Å². The molecule has 6 nitrogen and oxygen atoms in total. The van der Waals surface area contributed by atoms with Crippen molar-refractivity contribution in [1.82, 2.24) is 5.32 Å². The van der Waals surface area contributed by atoms with Crippen LogP contribution in [0.2, 0.25) is 0 Å². The van der Waals surface area contributed by atoms with Crippen molar-refractivity contribution in [3.8, 4) is 0 Å². The molecule has 3 N–H and O–H groups in total. The van der Waals surface area contributed by atoms with E-state index in [2.05, 4.69) is 16.0 Å². The van der Waals surface area contributed by atoms with Crippen LogP contribution in [0.3, 0.4) is 0 Å². The molecule has 0 aliphatic carbocycles. The lowest BCUT2D eigenvalue weighted by molar-refractivity contribution is -0.116. The van der Waals surface area contributed by atoms with Gasteiger partial charge in [0.1, 0.15) is 0 Å². The number of carbonyl (C=O) groups is 3. The van der Waals surface area contributed by atoms with E-state index < -0.39 is 0 Å². The molecule has 24 heavy (non-hydrogen) atoms. The fourth-order valence-corrected chi connectivity index (χ4v) is 2.59. The minimum absolute atomic E-state index is 0.116. The van der Waals surface area contributed by atoms with Crippen LogP contribution in [-0.4, -0.2) is 17.7 Å². The zero-order chi connectivity index (χ0) is 17.1. The second-order valence-electron chi connectivity index (χ2n) is 5.66. The normalized spacial score (nSPS) is 12.3. The number of rotatable bonds is 4. The minimum Gasteiger partial charge on any atom is -0.348 e. The lowest BCUT2D eigenvalue weighted by Gasteiger charge is -2.08. The molecule has 0 aromatic heterocycles. The van der Waals surface area contributed by atoms with Crippen LogP contribution in [0.5, 0.6) is 0 Å². The van der Waals surface area contributed by atoms with E-state index in [1.54, 1.807) is 36.4 Å². The van der Waals surface area contributed by atoms with E-state index >= 15 is 0 Å². The molecule has 122 valence electrons. The topological polar surface area (TPSA) is 87.3 Å². The number of hydrogen-bond acceptors (Lipinski definition) is 3. The van der Waals surface area contributed by atoms with Gasteiger partial charge in [-0.05, 0) is 35.4 Å². The first-order valence-electron chi connectivity index (χ1n) is 7.59. The fourth-order valence-electron chi connectivity index (χ4n) is 2.59. The summed E-state index contributed by atoms with van der Waals surface area (Å²) in [5.74, 6) is -0.420. The number of anilines is 2. The quantitative estimate of drug-likeness (QED) is 0.805. The van der Waals surface area contributed by atoms with Gasteiger partial charge in [-0.3, -0.25) is 14.4 Å². The third-order valence-corrected chi connectivity index (χ3v) is 3.72. The number of hydrogen-bond donors (Lipinski definition) is 3. The highest BCUT2D eigenvalue weighted by Crippen LogP contribution is 2.20. The molecule has 3 amide bonds. The number of fused-ring (bicyclic) bond motifs is 1. The number of amides is 3.